The predicted octanol–water partition coefficient (Wildman–Crippen LogP) is 2.90. The molecule has 2 heterocycles. The molecule has 20 heavy (non-hydrogen) atoms. The molecule has 0 bridgehead atoms. The first kappa shape index (κ1) is 12.2. The lowest BCUT2D eigenvalue weighted by Gasteiger charge is -1.99. The van der Waals surface area contributed by atoms with Crippen molar-refractivity contribution in [3.63, 3.8) is 0 Å². The highest BCUT2D eigenvalue weighted by Crippen LogP contribution is 2.21. The lowest BCUT2D eigenvalue weighted by Crippen LogP contribution is -1.93. The molecule has 5 nitrogen and oxygen atoms in total. The Balaban J connectivity index is 2.01. The summed E-state index contributed by atoms with van der Waals surface area (Å²) in [5.74, 6) is 1.29. The van der Waals surface area contributed by atoms with Crippen molar-refractivity contribution in [2.24, 2.45) is 0 Å². The molecular weight excluding hydrogens is 252 g/mol. The molecule has 0 saturated carbocycles. The zero-order valence-corrected chi connectivity index (χ0v) is 10.9. The fraction of sp³-hybridized carbons (Fsp3) is 0.133. The van der Waals surface area contributed by atoms with Gasteiger partial charge in [-0.05, 0) is 37.3 Å². The Morgan fingerprint density at radius 1 is 1.15 bits per heavy atom. The van der Waals surface area contributed by atoms with E-state index in [-0.39, 0.29) is 0 Å². The van der Waals surface area contributed by atoms with Crippen LogP contribution in [0, 0.1) is 11.3 Å². The van der Waals surface area contributed by atoms with Gasteiger partial charge in [-0.2, -0.15) is 10.2 Å². The number of H-pyrrole nitrogens is 1. The smallest absolute Gasteiger partial charge is 0.215 e. The van der Waals surface area contributed by atoms with E-state index in [1.807, 2.05) is 31.2 Å². The molecule has 1 aromatic carbocycles. The largest absolute Gasteiger partial charge is 0.478 e. The number of fused-ring (bicyclic) bond motifs is 1. The van der Waals surface area contributed by atoms with Gasteiger partial charge >= 0.3 is 0 Å². The molecule has 3 rings (SSSR count). The Hall–Kier alpha value is -2.87. The maximum absolute atomic E-state index is 8.80. The van der Waals surface area contributed by atoms with Crippen LogP contribution in [0.2, 0.25) is 0 Å². The van der Waals surface area contributed by atoms with E-state index in [0.29, 0.717) is 23.7 Å². The minimum absolute atomic E-state index is 0.567. The van der Waals surface area contributed by atoms with Crippen LogP contribution in [0.25, 0.3) is 22.6 Å². The second-order valence-corrected chi connectivity index (χ2v) is 4.23. The van der Waals surface area contributed by atoms with Crippen molar-refractivity contribution in [2.45, 2.75) is 6.92 Å². The van der Waals surface area contributed by atoms with Crippen LogP contribution in [-0.2, 0) is 0 Å². The van der Waals surface area contributed by atoms with E-state index in [2.05, 4.69) is 21.0 Å². The summed E-state index contributed by atoms with van der Waals surface area (Å²) in [5.41, 5.74) is 3.02. The molecule has 0 aliphatic rings. The number of nitrogens with zero attached hydrogens (tertiary/aromatic N) is 3. The molecule has 0 amide bonds. The van der Waals surface area contributed by atoms with Crippen molar-refractivity contribution in [3.05, 3.63) is 42.0 Å². The summed E-state index contributed by atoms with van der Waals surface area (Å²) in [4.78, 5) is 12.0. The number of aromatic nitrogens is 3. The highest BCUT2D eigenvalue weighted by molar-refractivity contribution is 5.76. The van der Waals surface area contributed by atoms with Crippen LogP contribution in [0.3, 0.4) is 0 Å². The Morgan fingerprint density at radius 2 is 1.95 bits per heavy atom. The third kappa shape index (κ3) is 2.19. The van der Waals surface area contributed by atoms with Crippen LogP contribution in [0.4, 0.5) is 0 Å². The number of pyridine rings is 1. The average molecular weight is 264 g/mol. The minimum atomic E-state index is 0.567. The van der Waals surface area contributed by atoms with Crippen LogP contribution >= 0.6 is 0 Å². The summed E-state index contributed by atoms with van der Waals surface area (Å²) >= 11 is 0. The quantitative estimate of drug-likeness (QED) is 0.789. The number of ether oxygens (including phenoxy) is 1. The van der Waals surface area contributed by atoms with Crippen molar-refractivity contribution in [2.75, 3.05) is 6.61 Å². The van der Waals surface area contributed by atoms with Gasteiger partial charge in [-0.25, -0.2) is 4.98 Å². The number of nitriles is 1. The van der Waals surface area contributed by atoms with Gasteiger partial charge < -0.3 is 9.72 Å². The topological polar surface area (TPSA) is 74.6 Å². The monoisotopic (exact) mass is 264 g/mol. The van der Waals surface area contributed by atoms with Gasteiger partial charge in [0.25, 0.3) is 0 Å². The van der Waals surface area contributed by atoms with E-state index in [1.54, 1.807) is 12.1 Å². The number of hydrogen-bond donors (Lipinski definition) is 1. The number of rotatable bonds is 3. The summed E-state index contributed by atoms with van der Waals surface area (Å²) in [5, 5.41) is 8.80. The SMILES string of the molecule is CCOc1ccc2[nH]c(-c3ccc(C#N)cc3)nc2n1. The second kappa shape index (κ2) is 5.02. The minimum Gasteiger partial charge on any atom is -0.478 e. The molecule has 0 saturated heterocycles. The normalized spacial score (nSPS) is 10.4. The molecule has 0 aliphatic heterocycles. The third-order valence-corrected chi connectivity index (χ3v) is 2.90. The molecule has 0 spiro atoms. The highest BCUT2D eigenvalue weighted by atomic mass is 16.5. The number of nitrogens with one attached hydrogen (secondary N) is 1. The van der Waals surface area contributed by atoms with Gasteiger partial charge in [0.2, 0.25) is 5.88 Å². The summed E-state index contributed by atoms with van der Waals surface area (Å²) < 4.78 is 5.36. The van der Waals surface area contributed by atoms with Crippen molar-refractivity contribution < 1.29 is 4.74 Å². The maximum atomic E-state index is 8.80. The zero-order valence-electron chi connectivity index (χ0n) is 10.9. The fourth-order valence-electron chi connectivity index (χ4n) is 1.94. The molecule has 3 aromatic rings. The molecule has 0 fully saturated rings. The number of hydrogen-bond acceptors (Lipinski definition) is 4. The van der Waals surface area contributed by atoms with Crippen molar-refractivity contribution >= 4 is 11.2 Å². The van der Waals surface area contributed by atoms with Crippen molar-refractivity contribution in [1.82, 2.24) is 15.0 Å². The van der Waals surface area contributed by atoms with Crippen molar-refractivity contribution in [3.8, 4) is 23.3 Å². The van der Waals surface area contributed by atoms with Crippen LogP contribution in [-0.4, -0.2) is 21.6 Å². The van der Waals surface area contributed by atoms with Gasteiger partial charge in [-0.15, -0.1) is 0 Å². The van der Waals surface area contributed by atoms with Gasteiger partial charge in [-0.1, -0.05) is 0 Å². The zero-order chi connectivity index (χ0) is 13.9. The lowest BCUT2D eigenvalue weighted by atomic mass is 10.1. The predicted molar refractivity (Wildman–Crippen MR) is 75.2 cm³/mol. The molecule has 1 N–H and O–H groups in total. The molecule has 5 heteroatoms. The summed E-state index contributed by atoms with van der Waals surface area (Å²) in [6.07, 6.45) is 0. The summed E-state index contributed by atoms with van der Waals surface area (Å²) in [6, 6.07) is 13.1. The van der Waals surface area contributed by atoms with E-state index in [1.165, 1.54) is 0 Å². The fourth-order valence-corrected chi connectivity index (χ4v) is 1.94. The van der Waals surface area contributed by atoms with Crippen LogP contribution in [0.15, 0.2) is 36.4 Å². The maximum Gasteiger partial charge on any atom is 0.215 e. The Morgan fingerprint density at radius 3 is 2.65 bits per heavy atom. The Bertz CT molecular complexity index is 784. The molecule has 0 aliphatic carbocycles. The van der Waals surface area contributed by atoms with Crippen LogP contribution < -0.4 is 4.74 Å². The second-order valence-electron chi connectivity index (χ2n) is 4.23. The third-order valence-electron chi connectivity index (χ3n) is 2.90. The van der Waals surface area contributed by atoms with Gasteiger partial charge in [0, 0.05) is 11.6 Å². The van der Waals surface area contributed by atoms with E-state index in [9.17, 15) is 0 Å². The van der Waals surface area contributed by atoms with Gasteiger partial charge in [0.15, 0.2) is 5.65 Å². The van der Waals surface area contributed by atoms with E-state index in [0.717, 1.165) is 16.9 Å². The first-order chi connectivity index (χ1) is 9.80. The lowest BCUT2D eigenvalue weighted by molar-refractivity contribution is 0.328. The van der Waals surface area contributed by atoms with Gasteiger partial charge in [-0.3, -0.25) is 0 Å². The highest BCUT2D eigenvalue weighted by Gasteiger charge is 2.07. The summed E-state index contributed by atoms with van der Waals surface area (Å²) in [7, 11) is 0. The van der Waals surface area contributed by atoms with Crippen LogP contribution in [0.1, 0.15) is 12.5 Å². The first-order valence-corrected chi connectivity index (χ1v) is 6.30. The molecular formula is C15H12N4O. The molecule has 0 radical (unpaired) electrons. The molecule has 2 aromatic heterocycles. The van der Waals surface area contributed by atoms with E-state index in [4.69, 9.17) is 10.00 Å². The van der Waals surface area contributed by atoms with E-state index < -0.39 is 0 Å². The Kier molecular flexibility index (Phi) is 3.05. The number of benzene rings is 1. The summed E-state index contributed by atoms with van der Waals surface area (Å²) in [6.45, 7) is 2.49. The standard InChI is InChI=1S/C15H12N4O/c1-2-20-13-8-7-12-15(18-13)19-14(17-12)11-5-3-10(9-16)4-6-11/h3-8H,2H2,1H3,(H,17,18,19). The number of aromatic amines is 1. The molecule has 0 unspecified atom stereocenters. The van der Waals surface area contributed by atoms with E-state index >= 15 is 0 Å². The molecule has 0 atom stereocenters. The first-order valence-electron chi connectivity index (χ1n) is 6.30. The van der Waals surface area contributed by atoms with Gasteiger partial charge in [0.1, 0.15) is 5.82 Å². The molecule has 98 valence electrons. The van der Waals surface area contributed by atoms with Crippen molar-refractivity contribution in [1.29, 1.82) is 5.26 Å². The van der Waals surface area contributed by atoms with Crippen LogP contribution in [0.5, 0.6) is 5.88 Å². The number of imidazole rings is 1. The van der Waals surface area contributed by atoms with Gasteiger partial charge in [0.05, 0.1) is 23.8 Å². The Labute approximate surface area is 115 Å². The average Bonchev–Trinajstić information content (AvgIpc) is 2.91.